The van der Waals surface area contributed by atoms with Crippen LogP contribution in [0.5, 0.6) is 0 Å². The highest BCUT2D eigenvalue weighted by Gasteiger charge is 2.33. The van der Waals surface area contributed by atoms with Crippen molar-refractivity contribution >= 4 is 11.8 Å². The van der Waals surface area contributed by atoms with Gasteiger partial charge in [-0.25, -0.2) is 0 Å². The SMILES string of the molecule is CCCCC/C=C/C1C(CCCCC)C=CC(CCCCCCCC(=O)N(CCC)CC(C)O)C1CCCCCCCC(=O)N(CCC)CC(C)O. The third-order valence-electron chi connectivity index (χ3n) is 11.1. The highest BCUT2D eigenvalue weighted by Crippen LogP contribution is 2.43. The zero-order valence-corrected chi connectivity index (χ0v) is 35.2. The second-order valence-electron chi connectivity index (χ2n) is 16.4. The number of nitrogens with zero attached hydrogens (tertiary/aromatic N) is 2. The normalized spacial score (nSPS) is 20.0. The Morgan fingerprint density at radius 2 is 1.02 bits per heavy atom. The van der Waals surface area contributed by atoms with Gasteiger partial charge in [0.1, 0.15) is 0 Å². The summed E-state index contributed by atoms with van der Waals surface area (Å²) in [5.74, 6) is 3.05. The average molecular weight is 731 g/mol. The molecular formula is C46H86N2O4. The third kappa shape index (κ3) is 22.5. The van der Waals surface area contributed by atoms with Gasteiger partial charge in [-0.05, 0) is 95.3 Å². The lowest BCUT2D eigenvalue weighted by atomic mass is 9.66. The molecule has 0 fully saturated rings. The summed E-state index contributed by atoms with van der Waals surface area (Å²) in [6.07, 6.45) is 36.9. The van der Waals surface area contributed by atoms with Crippen LogP contribution in [-0.2, 0) is 9.59 Å². The number of carbonyl (C=O) groups is 2. The molecule has 0 aliphatic heterocycles. The van der Waals surface area contributed by atoms with Crippen LogP contribution in [0.25, 0.3) is 0 Å². The summed E-state index contributed by atoms with van der Waals surface area (Å²) in [6.45, 7) is 14.7. The molecule has 6 unspecified atom stereocenters. The number of aliphatic hydroxyl groups excluding tert-OH is 2. The number of hydrogen-bond donors (Lipinski definition) is 2. The predicted molar refractivity (Wildman–Crippen MR) is 222 cm³/mol. The molecule has 2 amide bonds. The van der Waals surface area contributed by atoms with Crippen LogP contribution in [0.1, 0.15) is 196 Å². The van der Waals surface area contributed by atoms with E-state index >= 15 is 0 Å². The first-order valence-electron chi connectivity index (χ1n) is 22.4. The fourth-order valence-corrected chi connectivity index (χ4v) is 8.35. The summed E-state index contributed by atoms with van der Waals surface area (Å²) in [6, 6.07) is 0. The standard InChI is InChI=1S/C46H86N2O4/c1-7-11-13-16-23-29-43-41(27-21-12-8-2)33-34-42(28-22-17-14-19-25-31-45(51)47(35-9-3)37-39(5)49)44(43)30-24-18-15-20-26-32-46(52)48(36-10-4)38-40(6)50/h23,29,33-34,39-44,49-50H,7-22,24-28,30-32,35-38H2,1-6H3/b29-23+. The van der Waals surface area contributed by atoms with Gasteiger partial charge in [0.05, 0.1) is 12.2 Å². The zero-order valence-electron chi connectivity index (χ0n) is 35.2. The van der Waals surface area contributed by atoms with Gasteiger partial charge in [-0.1, -0.05) is 135 Å². The molecule has 0 saturated heterocycles. The highest BCUT2D eigenvalue weighted by molar-refractivity contribution is 5.76. The van der Waals surface area contributed by atoms with Crippen molar-refractivity contribution in [3.63, 3.8) is 0 Å². The van der Waals surface area contributed by atoms with Crippen molar-refractivity contribution in [1.82, 2.24) is 9.80 Å². The quantitative estimate of drug-likeness (QED) is 0.0520. The summed E-state index contributed by atoms with van der Waals surface area (Å²) >= 11 is 0. The number of hydrogen-bond acceptors (Lipinski definition) is 4. The van der Waals surface area contributed by atoms with Crippen molar-refractivity contribution < 1.29 is 19.8 Å². The van der Waals surface area contributed by atoms with E-state index in [0.29, 0.717) is 49.6 Å². The van der Waals surface area contributed by atoms with Crippen LogP contribution < -0.4 is 0 Å². The van der Waals surface area contributed by atoms with Gasteiger partial charge >= 0.3 is 0 Å². The number of amides is 2. The number of allylic oxidation sites excluding steroid dienone is 4. The molecule has 0 heterocycles. The van der Waals surface area contributed by atoms with Crippen LogP contribution in [0.2, 0.25) is 0 Å². The van der Waals surface area contributed by atoms with Gasteiger partial charge in [0.2, 0.25) is 11.8 Å². The molecule has 0 aromatic carbocycles. The Hall–Kier alpha value is -1.66. The first-order valence-corrected chi connectivity index (χ1v) is 22.4. The van der Waals surface area contributed by atoms with Crippen LogP contribution >= 0.6 is 0 Å². The molecule has 0 spiro atoms. The molecule has 1 aliphatic rings. The van der Waals surface area contributed by atoms with E-state index < -0.39 is 12.2 Å². The monoisotopic (exact) mass is 731 g/mol. The van der Waals surface area contributed by atoms with Crippen molar-refractivity contribution in [2.75, 3.05) is 26.2 Å². The fourth-order valence-electron chi connectivity index (χ4n) is 8.35. The molecule has 1 aliphatic carbocycles. The Morgan fingerprint density at radius 1 is 0.577 bits per heavy atom. The van der Waals surface area contributed by atoms with Gasteiger partial charge in [-0.3, -0.25) is 9.59 Å². The molecule has 1 rings (SSSR count). The Kier molecular flexibility index (Phi) is 29.4. The Morgan fingerprint density at radius 3 is 1.54 bits per heavy atom. The van der Waals surface area contributed by atoms with E-state index in [-0.39, 0.29) is 11.8 Å². The van der Waals surface area contributed by atoms with Crippen molar-refractivity contribution in [2.24, 2.45) is 23.7 Å². The Bertz CT molecular complexity index is 931. The molecule has 304 valence electrons. The maximum Gasteiger partial charge on any atom is 0.222 e. The Labute approximate surface area is 322 Å². The van der Waals surface area contributed by atoms with Crippen molar-refractivity contribution in [3.8, 4) is 0 Å². The average Bonchev–Trinajstić information content (AvgIpc) is 3.11. The number of unbranched alkanes of at least 4 members (excludes halogenated alkanes) is 13. The van der Waals surface area contributed by atoms with E-state index in [0.717, 1.165) is 51.6 Å². The van der Waals surface area contributed by atoms with Gasteiger partial charge in [0, 0.05) is 39.0 Å². The lowest BCUT2D eigenvalue weighted by Crippen LogP contribution is -2.37. The smallest absolute Gasteiger partial charge is 0.222 e. The zero-order chi connectivity index (χ0) is 38.4. The van der Waals surface area contributed by atoms with E-state index in [9.17, 15) is 19.8 Å². The first-order chi connectivity index (χ1) is 25.2. The minimum absolute atomic E-state index is 0.194. The molecule has 0 saturated carbocycles. The Balaban J connectivity index is 2.76. The molecule has 0 aromatic heterocycles. The summed E-state index contributed by atoms with van der Waals surface area (Å²) in [5.41, 5.74) is 0. The van der Waals surface area contributed by atoms with E-state index in [2.05, 4.69) is 52.0 Å². The topological polar surface area (TPSA) is 81.1 Å². The van der Waals surface area contributed by atoms with Crippen molar-refractivity contribution in [1.29, 1.82) is 0 Å². The van der Waals surface area contributed by atoms with E-state index in [1.54, 1.807) is 13.8 Å². The molecule has 2 N–H and O–H groups in total. The predicted octanol–water partition coefficient (Wildman–Crippen LogP) is 11.4. The van der Waals surface area contributed by atoms with E-state index in [4.69, 9.17) is 0 Å². The van der Waals surface area contributed by atoms with Gasteiger partial charge < -0.3 is 20.0 Å². The lowest BCUT2D eigenvalue weighted by molar-refractivity contribution is -0.133. The largest absolute Gasteiger partial charge is 0.392 e. The highest BCUT2D eigenvalue weighted by atomic mass is 16.3. The molecular weight excluding hydrogens is 645 g/mol. The van der Waals surface area contributed by atoms with Crippen LogP contribution in [0.3, 0.4) is 0 Å². The summed E-state index contributed by atoms with van der Waals surface area (Å²) in [4.78, 5) is 29.1. The number of rotatable bonds is 33. The third-order valence-corrected chi connectivity index (χ3v) is 11.1. The molecule has 52 heavy (non-hydrogen) atoms. The minimum Gasteiger partial charge on any atom is -0.392 e. The second kappa shape index (κ2) is 31.7. The maximum absolute atomic E-state index is 12.7. The lowest BCUT2D eigenvalue weighted by Gasteiger charge is -2.39. The van der Waals surface area contributed by atoms with Crippen molar-refractivity contribution in [2.45, 2.75) is 208 Å². The summed E-state index contributed by atoms with van der Waals surface area (Å²) in [5, 5.41) is 19.6. The summed E-state index contributed by atoms with van der Waals surface area (Å²) in [7, 11) is 0. The van der Waals surface area contributed by atoms with E-state index in [1.165, 1.54) is 103 Å². The van der Waals surface area contributed by atoms with Crippen LogP contribution in [0, 0.1) is 23.7 Å². The molecule has 6 atom stereocenters. The van der Waals surface area contributed by atoms with Crippen molar-refractivity contribution in [3.05, 3.63) is 24.3 Å². The van der Waals surface area contributed by atoms with Gasteiger partial charge in [0.25, 0.3) is 0 Å². The first kappa shape index (κ1) is 48.4. The van der Waals surface area contributed by atoms with Crippen LogP contribution in [-0.4, -0.2) is 70.2 Å². The maximum atomic E-state index is 12.7. The molecule has 6 heteroatoms. The molecule has 6 nitrogen and oxygen atoms in total. The molecule has 0 radical (unpaired) electrons. The van der Waals surface area contributed by atoms with Gasteiger partial charge in [-0.2, -0.15) is 0 Å². The second-order valence-corrected chi connectivity index (χ2v) is 16.4. The van der Waals surface area contributed by atoms with Crippen LogP contribution in [0.4, 0.5) is 0 Å². The number of aliphatic hydroxyl groups is 2. The summed E-state index contributed by atoms with van der Waals surface area (Å²) < 4.78 is 0. The van der Waals surface area contributed by atoms with Crippen LogP contribution in [0.15, 0.2) is 24.3 Å². The van der Waals surface area contributed by atoms with Gasteiger partial charge in [0.15, 0.2) is 0 Å². The number of carbonyl (C=O) groups excluding carboxylic acids is 2. The molecule has 0 bridgehead atoms. The minimum atomic E-state index is -0.471. The fraction of sp³-hybridized carbons (Fsp3) is 0.870. The molecule has 0 aromatic rings. The van der Waals surface area contributed by atoms with Gasteiger partial charge in [-0.15, -0.1) is 0 Å². The van der Waals surface area contributed by atoms with E-state index in [1.807, 2.05) is 9.80 Å².